The molecule has 0 saturated heterocycles. The molecule has 0 fully saturated rings. The maximum Gasteiger partial charge on any atom is 0.241 e. The lowest BCUT2D eigenvalue weighted by atomic mass is 9.82. The van der Waals surface area contributed by atoms with E-state index >= 15 is 0 Å². The highest BCUT2D eigenvalue weighted by Gasteiger charge is 2.29. The molecule has 0 saturated carbocycles. The number of H-pyrrole nitrogens is 1. The van der Waals surface area contributed by atoms with Crippen LogP contribution in [0.4, 0.5) is 0 Å². The van der Waals surface area contributed by atoms with E-state index in [4.69, 9.17) is 0 Å². The first-order valence-corrected chi connectivity index (χ1v) is 15.8. The summed E-state index contributed by atoms with van der Waals surface area (Å²) in [5.41, 5.74) is 1.48. The Hall–Kier alpha value is -1.57. The number of hydrogen-bond acceptors (Lipinski definition) is 0. The van der Waals surface area contributed by atoms with Crippen molar-refractivity contribution in [3.05, 3.63) is 54.6 Å². The van der Waals surface area contributed by atoms with Gasteiger partial charge in [0.25, 0.3) is 0 Å². The predicted octanol–water partition coefficient (Wildman–Crippen LogP) is 10.4. The normalized spacial score (nSPS) is 13.3. The smallest absolute Gasteiger partial charge is 0.241 e. The van der Waals surface area contributed by atoms with Gasteiger partial charge in [0, 0.05) is 5.92 Å². The molecule has 2 aromatic rings. The monoisotopic (exact) mass is 495 g/mol. The first-order chi connectivity index (χ1) is 17.7. The van der Waals surface area contributed by atoms with Crippen molar-refractivity contribution in [1.29, 1.82) is 0 Å². The molecule has 0 radical (unpaired) electrons. The fourth-order valence-corrected chi connectivity index (χ4v) is 6.06. The van der Waals surface area contributed by atoms with Crippen molar-refractivity contribution >= 4 is 0 Å². The molecule has 2 nitrogen and oxygen atoms in total. The van der Waals surface area contributed by atoms with Crippen molar-refractivity contribution in [1.82, 2.24) is 4.98 Å². The summed E-state index contributed by atoms with van der Waals surface area (Å²) in [4.78, 5) is 3.27. The molecule has 0 aliphatic rings. The fourth-order valence-electron chi connectivity index (χ4n) is 6.06. The van der Waals surface area contributed by atoms with E-state index in [0.29, 0.717) is 17.9 Å². The van der Waals surface area contributed by atoms with Crippen molar-refractivity contribution < 1.29 is 4.57 Å². The number of benzene rings is 1. The molecule has 1 N–H and O–H groups in total. The molecular weight excluding hydrogens is 436 g/mol. The second-order valence-corrected chi connectivity index (χ2v) is 11.7. The van der Waals surface area contributed by atoms with Crippen LogP contribution in [0.2, 0.25) is 0 Å². The van der Waals surface area contributed by atoms with Crippen LogP contribution < -0.4 is 4.57 Å². The van der Waals surface area contributed by atoms with E-state index in [1.165, 1.54) is 128 Å². The third-order valence-corrected chi connectivity index (χ3v) is 8.10. The van der Waals surface area contributed by atoms with E-state index in [2.05, 4.69) is 79.4 Å². The summed E-state index contributed by atoms with van der Waals surface area (Å²) < 4.78 is 2.42. The maximum atomic E-state index is 3.27. The zero-order valence-electron chi connectivity index (χ0n) is 24.2. The zero-order valence-corrected chi connectivity index (χ0v) is 24.2. The van der Waals surface area contributed by atoms with Crippen LogP contribution in [0.15, 0.2) is 49.1 Å². The van der Waals surface area contributed by atoms with Crippen molar-refractivity contribution in [2.24, 2.45) is 11.8 Å². The highest BCUT2D eigenvalue weighted by molar-refractivity contribution is 5.15. The fraction of sp³-hybridized carbons (Fsp3) is 0.735. The first-order valence-electron chi connectivity index (χ1n) is 15.8. The minimum atomic E-state index is 0.553. The van der Waals surface area contributed by atoms with Crippen LogP contribution in [0.1, 0.15) is 148 Å². The molecule has 0 spiro atoms. The Morgan fingerprint density at radius 3 is 1.61 bits per heavy atom. The Bertz CT molecular complexity index is 706. The maximum absolute atomic E-state index is 3.27. The molecule has 2 unspecified atom stereocenters. The van der Waals surface area contributed by atoms with E-state index in [-0.39, 0.29) is 0 Å². The average molecular weight is 496 g/mol. The number of nitrogens with one attached hydrogen (secondary N) is 1. The van der Waals surface area contributed by atoms with Crippen LogP contribution in [0.3, 0.4) is 0 Å². The summed E-state index contributed by atoms with van der Waals surface area (Å²) in [5.74, 6) is 1.31. The van der Waals surface area contributed by atoms with Crippen LogP contribution in [0.25, 0.3) is 0 Å². The summed E-state index contributed by atoms with van der Waals surface area (Å²) in [5, 5.41) is 0. The molecule has 2 heteroatoms. The molecule has 2 rings (SSSR count). The van der Waals surface area contributed by atoms with Gasteiger partial charge in [-0.25, -0.2) is 4.57 Å². The lowest BCUT2D eigenvalue weighted by molar-refractivity contribution is -0.735. The zero-order chi connectivity index (χ0) is 25.7. The van der Waals surface area contributed by atoms with Crippen LogP contribution in [0, 0.1) is 11.8 Å². The van der Waals surface area contributed by atoms with E-state index < -0.39 is 0 Å². The Morgan fingerprint density at radius 2 is 1.17 bits per heavy atom. The van der Waals surface area contributed by atoms with Crippen molar-refractivity contribution in [2.75, 3.05) is 0 Å². The predicted molar refractivity (Wildman–Crippen MR) is 157 cm³/mol. The molecule has 1 heterocycles. The molecule has 2 atom stereocenters. The summed E-state index contributed by atoms with van der Waals surface area (Å²) >= 11 is 0. The molecule has 1 aromatic carbocycles. The van der Waals surface area contributed by atoms with E-state index in [9.17, 15) is 0 Å². The van der Waals surface area contributed by atoms with Gasteiger partial charge >= 0.3 is 0 Å². The number of rotatable bonds is 23. The van der Waals surface area contributed by atoms with Gasteiger partial charge in [-0.2, -0.15) is 0 Å². The Labute approximate surface area is 224 Å². The minimum Gasteiger partial charge on any atom is -0.250 e. The van der Waals surface area contributed by atoms with Gasteiger partial charge in [-0.3, -0.25) is 4.98 Å². The topological polar surface area (TPSA) is 19.7 Å². The number of imidazole rings is 1. The third kappa shape index (κ3) is 13.7. The quantitative estimate of drug-likeness (QED) is 0.117. The number of aromatic nitrogens is 2. The van der Waals surface area contributed by atoms with Crippen molar-refractivity contribution in [3.63, 3.8) is 0 Å². The summed E-state index contributed by atoms with van der Waals surface area (Å²) in [6, 6.07) is 11.7. The summed E-state index contributed by atoms with van der Waals surface area (Å²) in [6.45, 7) is 7.07. The SMILES string of the molecule is CCCCCCCCCCCCCCCCCCCC(Cc1ccccc1)C(C(C)C)[n+]1cc[nH]c1. The number of hydrogen-bond donors (Lipinski definition) is 1. The lowest BCUT2D eigenvalue weighted by Crippen LogP contribution is -2.45. The molecule has 0 bridgehead atoms. The number of aromatic amines is 1. The average Bonchev–Trinajstić information content (AvgIpc) is 3.40. The van der Waals surface area contributed by atoms with Gasteiger partial charge in [-0.1, -0.05) is 160 Å². The molecule has 0 aliphatic carbocycles. The number of unbranched alkanes of at least 4 members (excludes halogenated alkanes) is 16. The van der Waals surface area contributed by atoms with Crippen LogP contribution >= 0.6 is 0 Å². The Morgan fingerprint density at radius 1 is 0.667 bits per heavy atom. The minimum absolute atomic E-state index is 0.553. The van der Waals surface area contributed by atoms with Crippen molar-refractivity contribution in [3.8, 4) is 0 Å². The molecule has 204 valence electrons. The second kappa shape index (κ2) is 20.5. The first kappa shape index (κ1) is 30.7. The second-order valence-electron chi connectivity index (χ2n) is 11.7. The van der Waals surface area contributed by atoms with Crippen LogP contribution in [-0.4, -0.2) is 4.98 Å². The van der Waals surface area contributed by atoms with Gasteiger partial charge in [-0.05, 0) is 24.3 Å². The largest absolute Gasteiger partial charge is 0.250 e. The number of nitrogens with zero attached hydrogens (tertiary/aromatic N) is 1. The molecule has 0 aliphatic heterocycles. The van der Waals surface area contributed by atoms with Gasteiger partial charge in [0.2, 0.25) is 6.33 Å². The van der Waals surface area contributed by atoms with E-state index in [1.807, 2.05) is 0 Å². The van der Waals surface area contributed by atoms with Gasteiger partial charge in [0.15, 0.2) is 0 Å². The molecule has 36 heavy (non-hydrogen) atoms. The summed E-state index contributed by atoms with van der Waals surface area (Å²) in [7, 11) is 0. The van der Waals surface area contributed by atoms with E-state index in [0.717, 1.165) is 0 Å². The van der Waals surface area contributed by atoms with Crippen molar-refractivity contribution in [2.45, 2.75) is 149 Å². The molecule has 1 aromatic heterocycles. The molecular formula is C34H59N2+. The Balaban J connectivity index is 1.55. The van der Waals surface area contributed by atoms with Gasteiger partial charge in [0.1, 0.15) is 18.4 Å². The summed E-state index contributed by atoms with van der Waals surface area (Å²) in [6.07, 6.45) is 33.4. The van der Waals surface area contributed by atoms with E-state index in [1.54, 1.807) is 0 Å². The Kier molecular flexibility index (Phi) is 17.4. The van der Waals surface area contributed by atoms with Gasteiger partial charge in [-0.15, -0.1) is 0 Å². The van der Waals surface area contributed by atoms with Gasteiger partial charge in [0.05, 0.1) is 0 Å². The standard InChI is InChI=1S/C34H58N2/c1-4-5-6-7-8-9-10-11-12-13-14-15-16-17-18-19-23-26-33(29-32-24-21-20-22-25-32)34(31(2)3)36-28-27-35-30-36/h20-22,24-25,27-28,30-31,33-34H,4-19,23,26,29H2,1-3H3/p+1. The lowest BCUT2D eigenvalue weighted by Gasteiger charge is -2.28. The third-order valence-electron chi connectivity index (χ3n) is 8.10. The van der Waals surface area contributed by atoms with Crippen LogP contribution in [0.5, 0.6) is 0 Å². The molecule has 0 amide bonds. The highest BCUT2D eigenvalue weighted by atomic mass is 15.1. The van der Waals surface area contributed by atoms with Gasteiger partial charge < -0.3 is 0 Å². The highest BCUT2D eigenvalue weighted by Crippen LogP contribution is 2.30. The van der Waals surface area contributed by atoms with Crippen LogP contribution in [-0.2, 0) is 6.42 Å².